The van der Waals surface area contributed by atoms with E-state index in [4.69, 9.17) is 9.47 Å². The van der Waals surface area contributed by atoms with Gasteiger partial charge in [0.25, 0.3) is 5.72 Å². The van der Waals surface area contributed by atoms with Crippen LogP contribution in [0.3, 0.4) is 0 Å². The van der Waals surface area contributed by atoms with Gasteiger partial charge in [-0.25, -0.2) is 9.48 Å². The average molecular weight is 459 g/mol. The number of rotatable bonds is 8. The molecule has 14 heteroatoms. The number of amides is 2. The van der Waals surface area contributed by atoms with Crippen molar-refractivity contribution in [1.29, 1.82) is 0 Å². The number of hydrogen-bond acceptors (Lipinski definition) is 11. The van der Waals surface area contributed by atoms with Gasteiger partial charge in [0.2, 0.25) is 11.8 Å². The summed E-state index contributed by atoms with van der Waals surface area (Å²) < 4.78 is 11.7. The van der Waals surface area contributed by atoms with Crippen LogP contribution in [0.15, 0.2) is 6.20 Å². The van der Waals surface area contributed by atoms with Crippen LogP contribution in [-0.4, -0.2) is 109 Å². The normalized spacial score (nSPS) is 27.3. The molecule has 2 amide bonds. The molecule has 1 aromatic rings. The molecule has 0 bridgehead atoms. The zero-order chi connectivity index (χ0) is 24.2. The second kappa shape index (κ2) is 10.3. The highest BCUT2D eigenvalue weighted by molar-refractivity contribution is 5.77. The third-order valence-electron chi connectivity index (χ3n) is 5.23. The van der Waals surface area contributed by atoms with E-state index in [0.29, 0.717) is 5.69 Å². The summed E-state index contributed by atoms with van der Waals surface area (Å²) in [5.41, 5.74) is -1.83. The standard InChI is InChI=1S/C18H29N5O9/c1-9(25)19-14-12(27)5-18(17(30)31-4,32-16(14)15(29)13(28)8-24)23-7-11(20-21-23)6-22(3)10(2)26/h7,12-16,24,27-29H,5-6,8H2,1-4H3,(H,19,25)/t12-,13+,14+,15+,16+,18+/m0/s1. The van der Waals surface area contributed by atoms with Crippen molar-refractivity contribution in [3.8, 4) is 0 Å². The lowest BCUT2D eigenvalue weighted by molar-refractivity contribution is -0.260. The van der Waals surface area contributed by atoms with E-state index < -0.39 is 61.1 Å². The molecule has 1 fully saturated rings. The van der Waals surface area contributed by atoms with Gasteiger partial charge in [0.05, 0.1) is 38.6 Å². The van der Waals surface area contributed by atoms with E-state index in [2.05, 4.69) is 15.6 Å². The summed E-state index contributed by atoms with van der Waals surface area (Å²) >= 11 is 0. The number of aliphatic hydroxyl groups excluding tert-OH is 4. The van der Waals surface area contributed by atoms with Crippen molar-refractivity contribution in [1.82, 2.24) is 25.2 Å². The van der Waals surface area contributed by atoms with E-state index in [1.165, 1.54) is 24.9 Å². The first-order valence-electron chi connectivity index (χ1n) is 9.78. The molecule has 2 heterocycles. The molecule has 0 saturated carbocycles. The van der Waals surface area contributed by atoms with Gasteiger partial charge in [0.1, 0.15) is 24.0 Å². The zero-order valence-electron chi connectivity index (χ0n) is 18.2. The molecule has 0 spiro atoms. The second-order valence-corrected chi connectivity index (χ2v) is 7.63. The maximum Gasteiger partial charge on any atom is 0.361 e. The van der Waals surface area contributed by atoms with Crippen molar-refractivity contribution in [2.45, 2.75) is 63.0 Å². The minimum Gasteiger partial charge on any atom is -0.465 e. The minimum absolute atomic E-state index is 0.0684. The Morgan fingerprint density at radius 1 is 1.41 bits per heavy atom. The lowest BCUT2D eigenvalue weighted by atomic mass is 9.87. The summed E-state index contributed by atoms with van der Waals surface area (Å²) in [6.07, 6.45) is -5.64. The lowest BCUT2D eigenvalue weighted by Gasteiger charge is -2.47. The molecule has 1 saturated heterocycles. The zero-order valence-corrected chi connectivity index (χ0v) is 18.2. The van der Waals surface area contributed by atoms with Gasteiger partial charge in [-0.3, -0.25) is 9.59 Å². The van der Waals surface area contributed by atoms with Gasteiger partial charge in [0, 0.05) is 27.3 Å². The van der Waals surface area contributed by atoms with Gasteiger partial charge in [0.15, 0.2) is 0 Å². The lowest BCUT2D eigenvalue weighted by Crippen LogP contribution is -2.67. The molecule has 1 aliphatic heterocycles. The molecule has 0 aliphatic carbocycles. The Kier molecular flexibility index (Phi) is 8.25. The van der Waals surface area contributed by atoms with Crippen molar-refractivity contribution in [2.75, 3.05) is 20.8 Å². The Morgan fingerprint density at radius 2 is 2.06 bits per heavy atom. The third-order valence-corrected chi connectivity index (χ3v) is 5.23. The van der Waals surface area contributed by atoms with E-state index in [9.17, 15) is 34.8 Å². The number of nitrogens with one attached hydrogen (secondary N) is 1. The van der Waals surface area contributed by atoms with Gasteiger partial charge in [-0.15, -0.1) is 5.10 Å². The SMILES string of the molecule is COC(=O)[C@@]1(n2cc(CN(C)C(C)=O)nn2)C[C@H](O)[C@@H](NC(C)=O)[C@H]([C@H](O)[C@H](O)CO)O1. The molecule has 0 unspecified atom stereocenters. The predicted octanol–water partition coefficient (Wildman–Crippen LogP) is -3.55. The largest absolute Gasteiger partial charge is 0.465 e. The number of hydrogen-bond donors (Lipinski definition) is 5. The Labute approximate surface area is 183 Å². The molecule has 32 heavy (non-hydrogen) atoms. The summed E-state index contributed by atoms with van der Waals surface area (Å²) in [6.45, 7) is 1.76. The highest BCUT2D eigenvalue weighted by atomic mass is 16.6. The van der Waals surface area contributed by atoms with Crippen molar-refractivity contribution in [2.24, 2.45) is 0 Å². The van der Waals surface area contributed by atoms with Crippen molar-refractivity contribution in [3.05, 3.63) is 11.9 Å². The Bertz CT molecular complexity index is 834. The first kappa shape index (κ1) is 25.6. The fourth-order valence-electron chi connectivity index (χ4n) is 3.43. The number of carbonyl (C=O) groups excluding carboxylic acids is 3. The summed E-state index contributed by atoms with van der Waals surface area (Å²) in [5.74, 6) is -1.79. The summed E-state index contributed by atoms with van der Waals surface area (Å²) in [5, 5.41) is 50.7. The van der Waals surface area contributed by atoms with Crippen LogP contribution < -0.4 is 5.32 Å². The van der Waals surface area contributed by atoms with Gasteiger partial charge in [-0.1, -0.05) is 5.21 Å². The molecule has 14 nitrogen and oxygen atoms in total. The van der Waals surface area contributed by atoms with Crippen molar-refractivity contribution < 1.29 is 44.3 Å². The first-order chi connectivity index (χ1) is 15.0. The highest BCUT2D eigenvalue weighted by Crippen LogP contribution is 2.36. The molecule has 0 radical (unpaired) electrons. The van der Waals surface area contributed by atoms with E-state index in [0.717, 1.165) is 11.8 Å². The maximum absolute atomic E-state index is 12.8. The summed E-state index contributed by atoms with van der Waals surface area (Å²) in [7, 11) is 2.62. The predicted molar refractivity (Wildman–Crippen MR) is 104 cm³/mol. The van der Waals surface area contributed by atoms with Gasteiger partial charge < -0.3 is 40.1 Å². The van der Waals surface area contributed by atoms with Gasteiger partial charge in [-0.05, 0) is 0 Å². The molecular formula is C18H29N5O9. The number of carbonyl (C=O) groups is 3. The first-order valence-corrected chi connectivity index (χ1v) is 9.78. The number of esters is 1. The monoisotopic (exact) mass is 459 g/mol. The van der Waals surface area contributed by atoms with Crippen molar-refractivity contribution in [3.63, 3.8) is 0 Å². The van der Waals surface area contributed by atoms with E-state index in [1.807, 2.05) is 0 Å². The number of ether oxygens (including phenoxy) is 2. The smallest absolute Gasteiger partial charge is 0.361 e. The highest BCUT2D eigenvalue weighted by Gasteiger charge is 2.57. The number of aliphatic hydroxyl groups is 4. The fourth-order valence-corrected chi connectivity index (χ4v) is 3.43. The van der Waals surface area contributed by atoms with E-state index in [-0.39, 0.29) is 12.5 Å². The molecule has 2 rings (SSSR count). The van der Waals surface area contributed by atoms with Crippen LogP contribution in [0.2, 0.25) is 0 Å². The van der Waals surface area contributed by atoms with Crippen LogP contribution in [0, 0.1) is 0 Å². The molecule has 180 valence electrons. The van der Waals surface area contributed by atoms with Gasteiger partial charge >= 0.3 is 5.97 Å². The van der Waals surface area contributed by atoms with Crippen LogP contribution in [0.5, 0.6) is 0 Å². The fraction of sp³-hybridized carbons (Fsp3) is 0.722. The Hall–Kier alpha value is -2.65. The number of methoxy groups -OCH3 is 1. The Balaban J connectivity index is 2.50. The van der Waals surface area contributed by atoms with E-state index in [1.54, 1.807) is 7.05 Å². The van der Waals surface area contributed by atoms with Crippen LogP contribution in [-0.2, 0) is 36.1 Å². The number of nitrogens with zero attached hydrogens (tertiary/aromatic N) is 4. The maximum atomic E-state index is 12.8. The third kappa shape index (κ3) is 5.21. The molecule has 1 aromatic heterocycles. The molecule has 6 atom stereocenters. The average Bonchev–Trinajstić information content (AvgIpc) is 3.21. The molecule has 5 N–H and O–H groups in total. The number of aromatic nitrogens is 3. The molecule has 1 aliphatic rings. The minimum atomic E-state index is -2.12. The van der Waals surface area contributed by atoms with Crippen LogP contribution in [0.25, 0.3) is 0 Å². The topological polar surface area (TPSA) is 197 Å². The molecule has 0 aromatic carbocycles. The Morgan fingerprint density at radius 3 is 2.59 bits per heavy atom. The second-order valence-electron chi connectivity index (χ2n) is 7.63. The van der Waals surface area contributed by atoms with Crippen LogP contribution in [0.4, 0.5) is 0 Å². The van der Waals surface area contributed by atoms with Crippen LogP contribution >= 0.6 is 0 Å². The van der Waals surface area contributed by atoms with E-state index >= 15 is 0 Å². The van der Waals surface area contributed by atoms with Crippen LogP contribution in [0.1, 0.15) is 26.0 Å². The summed E-state index contributed by atoms with van der Waals surface area (Å²) in [4.78, 5) is 37.3. The quantitative estimate of drug-likeness (QED) is 0.241. The summed E-state index contributed by atoms with van der Waals surface area (Å²) in [6, 6.07) is -1.23. The molecular weight excluding hydrogens is 430 g/mol. The van der Waals surface area contributed by atoms with Gasteiger partial charge in [-0.2, -0.15) is 0 Å². The van der Waals surface area contributed by atoms with Crippen molar-refractivity contribution >= 4 is 17.8 Å².